The first-order chi connectivity index (χ1) is 14.7. The Morgan fingerprint density at radius 3 is 1.52 bits per heavy atom. The van der Waals surface area contributed by atoms with E-state index in [1.165, 1.54) is 101 Å². The van der Waals surface area contributed by atoms with Gasteiger partial charge in [0.1, 0.15) is 0 Å². The third-order valence-corrected chi connectivity index (χ3v) is 7.36. The monoisotopic (exact) mass is 466 g/mol. The summed E-state index contributed by atoms with van der Waals surface area (Å²) in [5.41, 5.74) is 2.58. The van der Waals surface area contributed by atoms with Crippen molar-refractivity contribution in [2.75, 3.05) is 38.1 Å². The average molecular weight is 467 g/mol. The first kappa shape index (κ1) is 28.7. The van der Waals surface area contributed by atoms with E-state index in [0.717, 1.165) is 22.1 Å². The second-order valence-electron chi connectivity index (χ2n) is 10.4. The average Bonchev–Trinajstić information content (AvgIpc) is 2.72. The highest BCUT2D eigenvalue weighted by molar-refractivity contribution is 7.74. The molecule has 0 radical (unpaired) electrons. The van der Waals surface area contributed by atoms with Gasteiger partial charge in [0.25, 0.3) is 0 Å². The highest BCUT2D eigenvalue weighted by atomic mass is 32.1. The Bertz CT molecular complexity index is 652. The van der Waals surface area contributed by atoms with Crippen LogP contribution in [0.5, 0.6) is 0 Å². The van der Waals surface area contributed by atoms with Gasteiger partial charge in [-0.1, -0.05) is 123 Å². The van der Waals surface area contributed by atoms with Crippen LogP contribution < -0.4 is 4.90 Å². The second kappa shape index (κ2) is 15.5. The number of unbranched alkanes of at least 4 members (excludes halogenated alkanes) is 10. The largest absolute Gasteiger partial charge is 0.372 e. The lowest BCUT2D eigenvalue weighted by molar-refractivity contribution is 0.265. The molecule has 1 aromatic rings. The van der Waals surface area contributed by atoms with Gasteiger partial charge in [-0.25, -0.2) is 0 Å². The van der Waals surface area contributed by atoms with Crippen molar-refractivity contribution in [3.63, 3.8) is 0 Å². The van der Waals surface area contributed by atoms with Gasteiger partial charge in [0.15, 0.2) is 0 Å². The fourth-order valence-corrected chi connectivity index (χ4v) is 5.27. The maximum Gasteiger partial charge on any atom is 0.0798 e. The number of anilines is 1. The molecule has 4 heteroatoms. The molecular formula is C27H50N2S2. The fourth-order valence-electron chi connectivity index (χ4n) is 4.41. The molecule has 0 aromatic heterocycles. The van der Waals surface area contributed by atoms with Crippen molar-refractivity contribution in [2.24, 2.45) is 0 Å². The molecule has 0 bridgehead atoms. The van der Waals surface area contributed by atoms with Gasteiger partial charge in [-0.15, -0.1) is 0 Å². The Balaban J connectivity index is 2.56. The van der Waals surface area contributed by atoms with Crippen molar-refractivity contribution >= 4 is 30.1 Å². The zero-order valence-corrected chi connectivity index (χ0v) is 23.2. The van der Waals surface area contributed by atoms with E-state index in [4.69, 9.17) is 24.4 Å². The molecule has 0 saturated carbocycles. The van der Waals surface area contributed by atoms with E-state index in [2.05, 4.69) is 51.5 Å². The highest BCUT2D eigenvalue weighted by Gasteiger charge is 2.27. The molecule has 1 aromatic carbocycles. The molecule has 0 N–H and O–H groups in total. The Morgan fingerprint density at radius 1 is 0.613 bits per heavy atom. The van der Waals surface area contributed by atoms with Crippen molar-refractivity contribution in [1.29, 1.82) is 0 Å². The molecule has 180 valence electrons. The molecule has 0 amide bonds. The normalized spacial score (nSPS) is 12.2. The van der Waals surface area contributed by atoms with Crippen LogP contribution in [0.3, 0.4) is 0 Å². The Labute approximate surface area is 204 Å². The van der Waals surface area contributed by atoms with Gasteiger partial charge in [-0.05, 0) is 31.3 Å². The molecule has 0 aliphatic heterocycles. The zero-order chi connectivity index (χ0) is 23.3. The van der Waals surface area contributed by atoms with Gasteiger partial charge >= 0.3 is 0 Å². The van der Waals surface area contributed by atoms with E-state index in [-0.39, 0.29) is 5.41 Å². The van der Waals surface area contributed by atoms with E-state index >= 15 is 0 Å². The van der Waals surface area contributed by atoms with Crippen LogP contribution in [0.25, 0.3) is 0 Å². The SMILES string of the molecule is CCCCCCCCN(CCCCCCCC)CCN(C)c1c(C(C)(C)C)c(=S)c1=S. The molecule has 0 atom stereocenters. The zero-order valence-electron chi connectivity index (χ0n) is 21.5. The van der Waals surface area contributed by atoms with Gasteiger partial charge in [0.2, 0.25) is 0 Å². The molecular weight excluding hydrogens is 416 g/mol. The van der Waals surface area contributed by atoms with Crippen LogP contribution in [0, 0.1) is 9.02 Å². The summed E-state index contributed by atoms with van der Waals surface area (Å²) in [6, 6.07) is 0. The van der Waals surface area contributed by atoms with Crippen LogP contribution in [-0.4, -0.2) is 38.1 Å². The Kier molecular flexibility index (Phi) is 14.4. The second-order valence-corrected chi connectivity index (χ2v) is 11.2. The van der Waals surface area contributed by atoms with Crippen LogP contribution in [-0.2, 0) is 5.41 Å². The maximum absolute atomic E-state index is 5.62. The third kappa shape index (κ3) is 10.4. The first-order valence-corrected chi connectivity index (χ1v) is 13.8. The third-order valence-electron chi connectivity index (χ3n) is 6.42. The molecule has 0 fully saturated rings. The number of rotatable bonds is 18. The van der Waals surface area contributed by atoms with Gasteiger partial charge in [-0.2, -0.15) is 0 Å². The maximum atomic E-state index is 5.62. The number of nitrogens with zero attached hydrogens (tertiary/aromatic N) is 2. The smallest absolute Gasteiger partial charge is 0.0798 e. The summed E-state index contributed by atoms with van der Waals surface area (Å²) in [5.74, 6) is 0. The molecule has 0 aliphatic rings. The van der Waals surface area contributed by atoms with Crippen molar-refractivity contribution in [3.05, 3.63) is 14.6 Å². The van der Waals surface area contributed by atoms with Crippen molar-refractivity contribution in [1.82, 2.24) is 4.90 Å². The number of hydrogen-bond acceptors (Lipinski definition) is 4. The predicted molar refractivity (Wildman–Crippen MR) is 146 cm³/mol. The first-order valence-electron chi connectivity index (χ1n) is 13.0. The predicted octanol–water partition coefficient (Wildman–Crippen LogP) is 8.78. The topological polar surface area (TPSA) is 6.48 Å². The molecule has 0 spiro atoms. The van der Waals surface area contributed by atoms with Gasteiger partial charge < -0.3 is 9.80 Å². The minimum absolute atomic E-state index is 0.0691. The van der Waals surface area contributed by atoms with E-state index in [1.807, 2.05) is 0 Å². The Hall–Kier alpha value is -0.320. The lowest BCUT2D eigenvalue weighted by Crippen LogP contribution is -2.36. The van der Waals surface area contributed by atoms with E-state index in [1.54, 1.807) is 0 Å². The molecule has 2 nitrogen and oxygen atoms in total. The summed E-state index contributed by atoms with van der Waals surface area (Å²) in [4.78, 5) is 5.07. The van der Waals surface area contributed by atoms with Crippen LogP contribution in [0.1, 0.15) is 117 Å². The molecule has 1 rings (SSSR count). The minimum Gasteiger partial charge on any atom is -0.372 e. The van der Waals surface area contributed by atoms with Crippen LogP contribution in [0.4, 0.5) is 5.69 Å². The summed E-state index contributed by atoms with van der Waals surface area (Å²) in [7, 11) is 2.20. The number of hydrogen-bond donors (Lipinski definition) is 0. The number of likely N-dealkylation sites (N-methyl/N-ethyl adjacent to an activating group) is 1. The van der Waals surface area contributed by atoms with Crippen molar-refractivity contribution in [2.45, 2.75) is 117 Å². The van der Waals surface area contributed by atoms with Gasteiger partial charge in [0.05, 0.1) is 14.7 Å². The standard InChI is InChI=1S/C27H50N2S2/c1-7-9-11-13-15-17-19-29(20-18-16-14-12-10-8-2)22-21-28(6)24-23(27(3,4)5)25(30)26(24)31/h7-22H2,1-6H3. The molecule has 0 unspecified atom stereocenters. The quantitative estimate of drug-likeness (QED) is 0.157. The van der Waals surface area contributed by atoms with Crippen LogP contribution in [0.2, 0.25) is 0 Å². The summed E-state index contributed by atoms with van der Waals surface area (Å²) in [6.45, 7) is 15.9. The van der Waals surface area contributed by atoms with Crippen molar-refractivity contribution in [3.8, 4) is 0 Å². The van der Waals surface area contributed by atoms with E-state index in [0.29, 0.717) is 0 Å². The lowest BCUT2D eigenvalue weighted by atomic mass is 9.83. The highest BCUT2D eigenvalue weighted by Crippen LogP contribution is 2.38. The summed E-state index contributed by atoms with van der Waals surface area (Å²) >= 11 is 11.2. The molecule has 0 aliphatic carbocycles. The summed E-state index contributed by atoms with van der Waals surface area (Å²) in [6.07, 6.45) is 16.4. The summed E-state index contributed by atoms with van der Waals surface area (Å²) in [5, 5.41) is 0. The van der Waals surface area contributed by atoms with Crippen molar-refractivity contribution < 1.29 is 0 Å². The molecule has 0 saturated heterocycles. The van der Waals surface area contributed by atoms with Crippen LogP contribution >= 0.6 is 24.4 Å². The van der Waals surface area contributed by atoms with Crippen LogP contribution in [0.15, 0.2) is 0 Å². The lowest BCUT2D eigenvalue weighted by Gasteiger charge is -2.33. The van der Waals surface area contributed by atoms with Gasteiger partial charge in [0, 0.05) is 25.7 Å². The van der Waals surface area contributed by atoms with E-state index < -0.39 is 0 Å². The molecule has 31 heavy (non-hydrogen) atoms. The van der Waals surface area contributed by atoms with E-state index in [9.17, 15) is 0 Å². The Morgan fingerprint density at radius 2 is 1.06 bits per heavy atom. The minimum atomic E-state index is 0.0691. The summed E-state index contributed by atoms with van der Waals surface area (Å²) < 4.78 is 1.82. The van der Waals surface area contributed by atoms with Gasteiger partial charge in [-0.3, -0.25) is 0 Å². The molecule has 0 heterocycles. The fraction of sp³-hybridized carbons (Fsp3) is 0.852.